The zero-order valence-corrected chi connectivity index (χ0v) is 15.1. The fourth-order valence-corrected chi connectivity index (χ4v) is 4.48. The molecule has 0 saturated carbocycles. The van der Waals surface area contributed by atoms with Gasteiger partial charge in [-0.05, 0) is 44.6 Å². The smallest absolute Gasteiger partial charge is 0.131 e. The van der Waals surface area contributed by atoms with Crippen LogP contribution in [0.15, 0.2) is 36.4 Å². The summed E-state index contributed by atoms with van der Waals surface area (Å²) in [4.78, 5) is 4.56. The summed E-state index contributed by atoms with van der Waals surface area (Å²) < 4.78 is 27.3. The molecule has 2 heterocycles. The Bertz CT molecular complexity index is 826. The number of likely N-dealkylation sites (N-methyl/N-ethyl adjacent to an activating group) is 1. The van der Waals surface area contributed by atoms with E-state index in [1.54, 1.807) is 0 Å². The van der Waals surface area contributed by atoms with Crippen LogP contribution in [0, 0.1) is 18.6 Å². The van der Waals surface area contributed by atoms with Crippen LogP contribution in [0.1, 0.15) is 35.1 Å². The first kappa shape index (κ1) is 17.4. The molecule has 4 rings (SSSR count). The van der Waals surface area contributed by atoms with Gasteiger partial charge >= 0.3 is 0 Å². The van der Waals surface area contributed by atoms with E-state index in [0.717, 1.165) is 31.3 Å². The summed E-state index contributed by atoms with van der Waals surface area (Å²) in [6, 6.07) is 10.1. The lowest BCUT2D eigenvalue weighted by molar-refractivity contribution is 0.167. The number of benzene rings is 2. The normalized spacial score (nSPS) is 23.7. The molecule has 5 heteroatoms. The minimum Gasteiger partial charge on any atom is -0.386 e. The molecule has 3 atom stereocenters. The van der Waals surface area contributed by atoms with Crippen LogP contribution in [0.4, 0.5) is 14.5 Å². The molecular weight excluding hydrogens is 334 g/mol. The second-order valence-electron chi connectivity index (χ2n) is 7.62. The average Bonchev–Trinajstić information content (AvgIpc) is 2.87. The van der Waals surface area contributed by atoms with Gasteiger partial charge in [0.25, 0.3) is 0 Å². The van der Waals surface area contributed by atoms with Crippen molar-refractivity contribution < 1.29 is 13.9 Å². The zero-order chi connectivity index (χ0) is 18.4. The summed E-state index contributed by atoms with van der Waals surface area (Å²) in [6.07, 6.45) is 0.0104. The highest BCUT2D eigenvalue weighted by molar-refractivity contribution is 5.63. The number of anilines is 1. The van der Waals surface area contributed by atoms with Crippen molar-refractivity contribution in [1.82, 2.24) is 4.90 Å². The summed E-state index contributed by atoms with van der Waals surface area (Å²) >= 11 is 0. The SMILES string of the molecule is Cc1ccc2c(c1)C1CN(C)CCC1N2CC(O)c1ccc(F)cc1F. The Morgan fingerprint density at radius 3 is 2.77 bits per heavy atom. The van der Waals surface area contributed by atoms with Crippen molar-refractivity contribution in [1.29, 1.82) is 0 Å². The molecule has 0 aliphatic carbocycles. The van der Waals surface area contributed by atoms with Gasteiger partial charge < -0.3 is 14.9 Å². The third-order valence-electron chi connectivity index (χ3n) is 5.76. The van der Waals surface area contributed by atoms with E-state index in [1.807, 2.05) is 0 Å². The lowest BCUT2D eigenvalue weighted by atomic mass is 9.88. The van der Waals surface area contributed by atoms with Gasteiger partial charge in [-0.3, -0.25) is 0 Å². The van der Waals surface area contributed by atoms with Gasteiger partial charge in [-0.15, -0.1) is 0 Å². The lowest BCUT2D eigenvalue weighted by Gasteiger charge is -2.38. The van der Waals surface area contributed by atoms with Crippen molar-refractivity contribution in [2.45, 2.75) is 31.4 Å². The number of nitrogens with zero attached hydrogens (tertiary/aromatic N) is 2. The van der Waals surface area contributed by atoms with Crippen LogP contribution < -0.4 is 4.90 Å². The monoisotopic (exact) mass is 358 g/mol. The number of likely N-dealkylation sites (tertiary alicyclic amines) is 1. The van der Waals surface area contributed by atoms with Crippen molar-refractivity contribution >= 4 is 5.69 Å². The zero-order valence-electron chi connectivity index (χ0n) is 15.1. The van der Waals surface area contributed by atoms with Gasteiger partial charge in [0.05, 0.1) is 6.10 Å². The highest BCUT2D eigenvalue weighted by atomic mass is 19.1. The third kappa shape index (κ3) is 2.99. The molecule has 0 bridgehead atoms. The van der Waals surface area contributed by atoms with Crippen LogP contribution in [0.3, 0.4) is 0 Å². The number of piperidine rings is 1. The maximum Gasteiger partial charge on any atom is 0.131 e. The van der Waals surface area contributed by atoms with Crippen molar-refractivity contribution in [2.75, 3.05) is 31.6 Å². The standard InChI is InChI=1S/C21H24F2N2O/c1-13-3-6-19-16(9-13)17-11-24(2)8-7-20(17)25(19)12-21(26)15-5-4-14(22)10-18(15)23/h3-6,9-10,17,20-21,26H,7-8,11-12H2,1-2H3. The average molecular weight is 358 g/mol. The third-order valence-corrected chi connectivity index (χ3v) is 5.76. The van der Waals surface area contributed by atoms with E-state index in [4.69, 9.17) is 0 Å². The van der Waals surface area contributed by atoms with E-state index in [0.29, 0.717) is 18.5 Å². The largest absolute Gasteiger partial charge is 0.386 e. The van der Waals surface area contributed by atoms with Crippen molar-refractivity contribution in [2.24, 2.45) is 0 Å². The van der Waals surface area contributed by atoms with Gasteiger partial charge in [0.2, 0.25) is 0 Å². The summed E-state index contributed by atoms with van der Waals surface area (Å²) in [6.45, 7) is 4.39. The highest BCUT2D eigenvalue weighted by Crippen LogP contribution is 2.45. The Kier molecular flexibility index (Phi) is 4.45. The van der Waals surface area contributed by atoms with E-state index < -0.39 is 17.7 Å². The second kappa shape index (κ2) is 6.63. The van der Waals surface area contributed by atoms with Crippen LogP contribution in [0.25, 0.3) is 0 Å². The van der Waals surface area contributed by atoms with Crippen LogP contribution in [-0.2, 0) is 0 Å². The molecule has 2 aliphatic rings. The van der Waals surface area contributed by atoms with E-state index in [-0.39, 0.29) is 5.56 Å². The molecule has 2 aromatic carbocycles. The first-order chi connectivity index (χ1) is 12.4. The summed E-state index contributed by atoms with van der Waals surface area (Å²) in [5, 5.41) is 10.7. The number of β-amino-alcohol motifs (C(OH)–C–C–N with tert-alkyl or cyclic N) is 1. The fraction of sp³-hybridized carbons (Fsp3) is 0.429. The summed E-state index contributed by atoms with van der Waals surface area (Å²) in [7, 11) is 2.14. The molecule has 0 radical (unpaired) electrons. The number of rotatable bonds is 3. The Balaban J connectivity index is 1.65. The fourth-order valence-electron chi connectivity index (χ4n) is 4.48. The molecule has 0 aromatic heterocycles. The number of halogens is 2. The van der Waals surface area contributed by atoms with Gasteiger partial charge in [-0.25, -0.2) is 8.78 Å². The van der Waals surface area contributed by atoms with Gasteiger partial charge in [0.1, 0.15) is 11.6 Å². The quantitative estimate of drug-likeness (QED) is 0.908. The van der Waals surface area contributed by atoms with Crippen LogP contribution in [0.5, 0.6) is 0 Å². The molecule has 3 unspecified atom stereocenters. The van der Waals surface area contributed by atoms with Crippen molar-refractivity contribution in [3.63, 3.8) is 0 Å². The van der Waals surface area contributed by atoms with Gasteiger partial charge in [0, 0.05) is 42.4 Å². The lowest BCUT2D eigenvalue weighted by Crippen LogP contribution is -2.46. The van der Waals surface area contributed by atoms with Crippen LogP contribution >= 0.6 is 0 Å². The Morgan fingerprint density at radius 2 is 2.00 bits per heavy atom. The van der Waals surface area contributed by atoms with E-state index >= 15 is 0 Å². The Hall–Kier alpha value is -1.98. The number of aliphatic hydroxyl groups excluding tert-OH is 1. The Morgan fingerprint density at radius 1 is 1.19 bits per heavy atom. The Labute approximate surface area is 152 Å². The molecule has 26 heavy (non-hydrogen) atoms. The van der Waals surface area contributed by atoms with Crippen LogP contribution in [0.2, 0.25) is 0 Å². The minimum atomic E-state index is -0.997. The molecular formula is C21H24F2N2O. The predicted molar refractivity (Wildman–Crippen MR) is 98.5 cm³/mol. The topological polar surface area (TPSA) is 26.7 Å². The molecule has 2 aliphatic heterocycles. The maximum atomic E-state index is 14.1. The number of fused-ring (bicyclic) bond motifs is 3. The molecule has 2 aromatic rings. The first-order valence-corrected chi connectivity index (χ1v) is 9.13. The molecule has 3 nitrogen and oxygen atoms in total. The predicted octanol–water partition coefficient (Wildman–Crippen LogP) is 3.61. The summed E-state index contributed by atoms with van der Waals surface area (Å²) in [5.41, 5.74) is 3.81. The molecule has 1 fully saturated rings. The number of hydrogen-bond acceptors (Lipinski definition) is 3. The number of aryl methyl sites for hydroxylation is 1. The van der Waals surface area contributed by atoms with Crippen molar-refractivity contribution in [3.05, 3.63) is 64.7 Å². The van der Waals surface area contributed by atoms with Gasteiger partial charge in [-0.1, -0.05) is 23.8 Å². The maximum absolute atomic E-state index is 14.1. The molecule has 138 valence electrons. The minimum absolute atomic E-state index is 0.149. The van der Waals surface area contributed by atoms with Gasteiger partial charge in [0.15, 0.2) is 0 Å². The molecule has 1 N–H and O–H groups in total. The summed E-state index contributed by atoms with van der Waals surface area (Å²) in [5.74, 6) is -0.925. The van der Waals surface area contributed by atoms with E-state index in [2.05, 4.69) is 42.0 Å². The van der Waals surface area contributed by atoms with Crippen molar-refractivity contribution in [3.8, 4) is 0 Å². The van der Waals surface area contributed by atoms with E-state index in [1.165, 1.54) is 23.3 Å². The number of aliphatic hydroxyl groups is 1. The molecule has 1 saturated heterocycles. The van der Waals surface area contributed by atoms with E-state index in [9.17, 15) is 13.9 Å². The van der Waals surface area contributed by atoms with Gasteiger partial charge in [-0.2, -0.15) is 0 Å². The highest BCUT2D eigenvalue weighted by Gasteiger charge is 2.41. The number of hydrogen-bond donors (Lipinski definition) is 1. The van der Waals surface area contributed by atoms with Crippen LogP contribution in [-0.4, -0.2) is 42.7 Å². The second-order valence-corrected chi connectivity index (χ2v) is 7.62. The molecule has 0 amide bonds. The molecule has 0 spiro atoms. The first-order valence-electron chi connectivity index (χ1n) is 9.13.